The van der Waals surface area contributed by atoms with E-state index in [0.717, 1.165) is 45.2 Å². The third-order valence-corrected chi connectivity index (χ3v) is 6.74. The van der Waals surface area contributed by atoms with Gasteiger partial charge in [0.2, 0.25) is 0 Å². The van der Waals surface area contributed by atoms with Gasteiger partial charge in [0.1, 0.15) is 5.69 Å². The Morgan fingerprint density at radius 3 is 2.00 bits per heavy atom. The van der Waals surface area contributed by atoms with E-state index in [9.17, 15) is 0 Å². The summed E-state index contributed by atoms with van der Waals surface area (Å²) in [7, 11) is 1.96. The van der Waals surface area contributed by atoms with Crippen molar-refractivity contribution in [3.8, 4) is 51.0 Å². The Hall–Kier alpha value is -4.21. The Balaban J connectivity index is 0.00000337. The van der Waals surface area contributed by atoms with E-state index in [0.29, 0.717) is 11.5 Å². The monoisotopic (exact) mass is 717 g/mol. The van der Waals surface area contributed by atoms with Gasteiger partial charge in [-0.05, 0) is 11.3 Å². The number of hydrogen-bond acceptors (Lipinski definition) is 3. The first-order chi connectivity index (χ1) is 19.4. The van der Waals surface area contributed by atoms with Crippen LogP contribution in [0, 0.1) is 12.1 Å². The van der Waals surface area contributed by atoms with Gasteiger partial charge >= 0.3 is 21.1 Å². The minimum atomic E-state index is -0.208. The molecule has 0 aliphatic heterocycles. The van der Waals surface area contributed by atoms with E-state index in [-0.39, 0.29) is 26.5 Å². The van der Waals surface area contributed by atoms with E-state index in [2.05, 4.69) is 86.4 Å². The summed E-state index contributed by atoms with van der Waals surface area (Å²) >= 11 is 0. The Morgan fingerprint density at radius 2 is 1.37 bits per heavy atom. The summed E-state index contributed by atoms with van der Waals surface area (Å²) in [5.74, 6) is 2.01. The van der Waals surface area contributed by atoms with E-state index in [1.54, 1.807) is 6.20 Å². The Labute approximate surface area is 255 Å². The fraction of sp³-hybridized carbons (Fsp3) is 0.143. The van der Waals surface area contributed by atoms with Crippen LogP contribution in [0.4, 0.5) is 0 Å². The van der Waals surface area contributed by atoms with Crippen LogP contribution in [0.25, 0.3) is 39.5 Å². The predicted molar refractivity (Wildman–Crippen MR) is 160 cm³/mol. The number of nitrogens with zero attached hydrogens (tertiary/aromatic N) is 4. The average Bonchev–Trinajstić information content (AvgIpc) is 3.59. The van der Waals surface area contributed by atoms with Crippen molar-refractivity contribution in [2.75, 3.05) is 0 Å². The summed E-state index contributed by atoms with van der Waals surface area (Å²) in [5.41, 5.74) is 6.83. The molecule has 0 aliphatic rings. The zero-order valence-corrected chi connectivity index (χ0v) is 25.7. The van der Waals surface area contributed by atoms with Gasteiger partial charge in [0.15, 0.2) is 0 Å². The molecule has 0 N–H and O–H groups in total. The minimum Gasteiger partial charge on any atom is -0.503 e. The zero-order chi connectivity index (χ0) is 27.7. The van der Waals surface area contributed by atoms with Crippen LogP contribution in [-0.2, 0) is 33.5 Å². The van der Waals surface area contributed by atoms with Crippen molar-refractivity contribution < 1.29 is 25.8 Å². The van der Waals surface area contributed by atoms with Crippen molar-refractivity contribution in [2.24, 2.45) is 7.05 Å². The number of aromatic nitrogens is 4. The molecule has 0 saturated heterocycles. The first kappa shape index (κ1) is 28.3. The molecule has 0 atom stereocenters. The van der Waals surface area contributed by atoms with Crippen LogP contribution in [0.3, 0.4) is 0 Å². The molecule has 6 rings (SSSR count). The largest absolute Gasteiger partial charge is 2.00 e. The minimum absolute atomic E-state index is 0. The van der Waals surface area contributed by atoms with E-state index in [1.165, 1.54) is 0 Å². The van der Waals surface area contributed by atoms with Crippen molar-refractivity contribution >= 4 is 0 Å². The summed E-state index contributed by atoms with van der Waals surface area (Å²) in [6.07, 6.45) is 3.69. The van der Waals surface area contributed by atoms with Crippen molar-refractivity contribution in [1.82, 2.24) is 19.3 Å². The summed E-state index contributed by atoms with van der Waals surface area (Å²) < 4.78 is 10.2. The number of rotatable bonds is 6. The third kappa shape index (κ3) is 5.82. The van der Waals surface area contributed by atoms with Gasteiger partial charge in [0, 0.05) is 47.5 Å². The first-order valence-electron chi connectivity index (χ1n) is 13.3. The molecule has 0 amide bonds. The van der Waals surface area contributed by atoms with Crippen LogP contribution < -0.4 is 4.74 Å². The maximum atomic E-state index is 6.26. The maximum Gasteiger partial charge on any atom is 2.00 e. The standard InChI is InChI=1S/C35H30N4O.Pt/c1-35(2,3)33-31(25-13-7-5-8-14-25)32(26-15-9-6-10-16-26)37-39(33)28-18-12-20-30(24-28)40-29-19-11-17-27(23-29)34-36-21-22-38(34)4;/h5-22H,1-4H3;/q-2;+2. The average molecular weight is 718 g/mol. The van der Waals surface area contributed by atoms with Gasteiger partial charge in [0.25, 0.3) is 0 Å². The number of imidazole rings is 1. The summed E-state index contributed by atoms with van der Waals surface area (Å²) in [6, 6.07) is 39.4. The van der Waals surface area contributed by atoms with Crippen LogP contribution in [0.2, 0.25) is 0 Å². The van der Waals surface area contributed by atoms with Crippen LogP contribution in [0.5, 0.6) is 11.5 Å². The summed E-state index contributed by atoms with van der Waals surface area (Å²) in [6.45, 7) is 6.67. The first-order valence-corrected chi connectivity index (χ1v) is 13.3. The molecule has 0 aliphatic carbocycles. The summed E-state index contributed by atoms with van der Waals surface area (Å²) in [5, 5.41) is 5.21. The fourth-order valence-electron chi connectivity index (χ4n) is 4.96. The molecule has 0 fully saturated rings. The van der Waals surface area contributed by atoms with Crippen LogP contribution in [0.15, 0.2) is 109 Å². The maximum absolute atomic E-state index is 6.26. The van der Waals surface area contributed by atoms with Crippen molar-refractivity contribution in [3.63, 3.8) is 0 Å². The molecule has 206 valence electrons. The van der Waals surface area contributed by atoms with E-state index in [4.69, 9.17) is 9.84 Å². The van der Waals surface area contributed by atoms with Crippen molar-refractivity contribution in [1.29, 1.82) is 0 Å². The molecule has 6 aromatic rings. The Morgan fingerprint density at radius 1 is 0.732 bits per heavy atom. The van der Waals surface area contributed by atoms with Crippen LogP contribution in [0.1, 0.15) is 26.5 Å². The number of aryl methyl sites for hydroxylation is 1. The normalized spacial score (nSPS) is 11.2. The molecule has 5 nitrogen and oxygen atoms in total. The van der Waals surface area contributed by atoms with Crippen LogP contribution >= 0.6 is 0 Å². The SMILES string of the molecule is Cn1ccnc1-c1[c-]c(Oc2[c-]c(-n3nc(-c4ccccc4)c(-c4ccccc4)c3C(C)(C)C)ccc2)ccc1.[Pt+2]. The molecular weight excluding hydrogens is 687 g/mol. The quantitative estimate of drug-likeness (QED) is 0.163. The second kappa shape index (κ2) is 11.7. The number of hydrogen-bond donors (Lipinski definition) is 0. The summed E-state index contributed by atoms with van der Waals surface area (Å²) in [4.78, 5) is 4.44. The predicted octanol–water partition coefficient (Wildman–Crippen LogP) is 8.29. The van der Waals surface area contributed by atoms with Crippen molar-refractivity contribution in [3.05, 3.63) is 127 Å². The Bertz CT molecular complexity index is 1770. The van der Waals surface area contributed by atoms with Crippen LogP contribution in [-0.4, -0.2) is 19.3 Å². The fourth-order valence-corrected chi connectivity index (χ4v) is 4.96. The van der Waals surface area contributed by atoms with Gasteiger partial charge in [-0.15, -0.1) is 42.0 Å². The number of benzene rings is 4. The molecule has 2 aromatic heterocycles. The van der Waals surface area contributed by atoms with Crippen molar-refractivity contribution in [2.45, 2.75) is 26.2 Å². The third-order valence-electron chi connectivity index (χ3n) is 6.74. The molecule has 4 aromatic carbocycles. The molecule has 0 bridgehead atoms. The molecule has 6 heteroatoms. The number of ether oxygens (including phenoxy) is 1. The van der Waals surface area contributed by atoms with Gasteiger partial charge in [0.05, 0.1) is 11.5 Å². The van der Waals surface area contributed by atoms with Gasteiger partial charge in [-0.25, -0.2) is 0 Å². The zero-order valence-electron chi connectivity index (χ0n) is 23.4. The molecule has 41 heavy (non-hydrogen) atoms. The second-order valence-corrected chi connectivity index (χ2v) is 10.8. The molecule has 0 saturated carbocycles. The topological polar surface area (TPSA) is 44.9 Å². The van der Waals surface area contributed by atoms with E-state index in [1.807, 2.05) is 71.0 Å². The Kier molecular flexibility index (Phi) is 8.10. The molecule has 0 spiro atoms. The van der Waals surface area contributed by atoms with Gasteiger partial charge < -0.3 is 9.30 Å². The van der Waals surface area contributed by atoms with Gasteiger partial charge in [-0.1, -0.05) is 87.5 Å². The van der Waals surface area contributed by atoms with E-state index >= 15 is 0 Å². The molecule has 0 radical (unpaired) electrons. The second-order valence-electron chi connectivity index (χ2n) is 10.8. The smallest absolute Gasteiger partial charge is 0.503 e. The molecule has 0 unspecified atom stereocenters. The molecule has 2 heterocycles. The van der Waals surface area contributed by atoms with E-state index < -0.39 is 0 Å². The molecular formula is C35H30N4OPt. The van der Waals surface area contributed by atoms with Gasteiger partial charge in [-0.3, -0.25) is 9.67 Å². The van der Waals surface area contributed by atoms with Gasteiger partial charge in [-0.2, -0.15) is 11.2 Å².